The van der Waals surface area contributed by atoms with Gasteiger partial charge in [0, 0.05) is 5.56 Å². The zero-order valence-electron chi connectivity index (χ0n) is 9.05. The molecule has 0 spiro atoms. The Balaban J connectivity index is 2.50. The van der Waals surface area contributed by atoms with Crippen molar-refractivity contribution in [1.29, 1.82) is 0 Å². The summed E-state index contributed by atoms with van der Waals surface area (Å²) in [5, 5.41) is 0.392. The van der Waals surface area contributed by atoms with E-state index in [1.165, 1.54) is 13.3 Å². The Morgan fingerprint density at radius 2 is 2.00 bits per heavy atom. The number of aromatic nitrogens is 2. The number of hydrogen-bond acceptors (Lipinski definition) is 4. The largest absolute Gasteiger partial charge is 0.463 e. The highest BCUT2D eigenvalue weighted by Gasteiger charge is 2.13. The molecule has 0 N–H and O–H groups in total. The minimum absolute atomic E-state index is 0.00393. The van der Waals surface area contributed by atoms with E-state index < -0.39 is 5.97 Å². The van der Waals surface area contributed by atoms with Crippen molar-refractivity contribution < 1.29 is 9.53 Å². The van der Waals surface area contributed by atoms with Gasteiger partial charge in [-0.25, -0.2) is 14.8 Å². The molecule has 2 rings (SSSR count). The van der Waals surface area contributed by atoms with Crippen molar-refractivity contribution in [2.24, 2.45) is 0 Å². The number of carbonyl (C=O) groups excluding carboxylic acids is 1. The summed E-state index contributed by atoms with van der Waals surface area (Å²) in [4.78, 5) is 19.2. The molecular weight excluding hydrogens is 240 g/mol. The maximum Gasteiger partial charge on any atom is 0.376 e. The molecule has 1 aromatic heterocycles. The Morgan fingerprint density at radius 3 is 2.65 bits per heavy atom. The summed E-state index contributed by atoms with van der Waals surface area (Å²) < 4.78 is 4.56. The first-order valence-electron chi connectivity index (χ1n) is 4.88. The summed E-state index contributed by atoms with van der Waals surface area (Å²) in [6.07, 6.45) is 1.39. The molecule has 0 unspecified atom stereocenters. The van der Waals surface area contributed by atoms with E-state index in [1.54, 1.807) is 0 Å². The van der Waals surface area contributed by atoms with Crippen molar-refractivity contribution in [3.05, 3.63) is 47.4 Å². The first kappa shape index (κ1) is 11.5. The number of methoxy groups -OCH3 is 1. The minimum Gasteiger partial charge on any atom is -0.463 e. The number of hydrogen-bond donors (Lipinski definition) is 0. The summed E-state index contributed by atoms with van der Waals surface area (Å²) in [5.74, 6) is -0.588. The summed E-state index contributed by atoms with van der Waals surface area (Å²) in [6.45, 7) is 0. The molecule has 0 aliphatic carbocycles. The number of ether oxygens (including phenoxy) is 1. The van der Waals surface area contributed by atoms with Crippen LogP contribution in [0.2, 0.25) is 5.02 Å². The molecule has 4 nitrogen and oxygen atoms in total. The molecule has 1 heterocycles. The predicted octanol–water partition coefficient (Wildman–Crippen LogP) is 2.58. The summed E-state index contributed by atoms with van der Waals surface area (Å²) >= 11 is 6.00. The Hall–Kier alpha value is -1.94. The van der Waals surface area contributed by atoms with Gasteiger partial charge in [0.2, 0.25) is 5.82 Å². The van der Waals surface area contributed by atoms with Crippen LogP contribution in [0, 0.1) is 0 Å². The van der Waals surface area contributed by atoms with E-state index in [1.807, 2.05) is 30.3 Å². The first-order valence-corrected chi connectivity index (χ1v) is 5.26. The SMILES string of the molecule is COC(=O)c1ncc(Cl)c(-c2ccccc2)n1. The Kier molecular flexibility index (Phi) is 3.35. The number of esters is 1. The van der Waals surface area contributed by atoms with Gasteiger partial charge < -0.3 is 4.74 Å². The molecule has 17 heavy (non-hydrogen) atoms. The minimum atomic E-state index is -0.584. The lowest BCUT2D eigenvalue weighted by atomic mass is 10.1. The average molecular weight is 249 g/mol. The fourth-order valence-corrected chi connectivity index (χ4v) is 1.56. The molecule has 0 fully saturated rings. The maximum absolute atomic E-state index is 11.3. The van der Waals surface area contributed by atoms with Crippen LogP contribution >= 0.6 is 11.6 Å². The molecule has 1 aromatic carbocycles. The molecule has 0 amide bonds. The third kappa shape index (κ3) is 2.42. The van der Waals surface area contributed by atoms with E-state index in [0.717, 1.165) is 5.56 Å². The van der Waals surface area contributed by atoms with Crippen LogP contribution in [0.25, 0.3) is 11.3 Å². The molecule has 0 bridgehead atoms. The zero-order chi connectivity index (χ0) is 12.3. The lowest BCUT2D eigenvalue weighted by Crippen LogP contribution is -2.07. The third-order valence-electron chi connectivity index (χ3n) is 2.16. The van der Waals surface area contributed by atoms with Gasteiger partial charge in [-0.05, 0) is 0 Å². The summed E-state index contributed by atoms with van der Waals surface area (Å²) in [7, 11) is 1.28. The van der Waals surface area contributed by atoms with Crippen molar-refractivity contribution in [3.63, 3.8) is 0 Å². The van der Waals surface area contributed by atoms with Gasteiger partial charge in [0.1, 0.15) is 0 Å². The van der Waals surface area contributed by atoms with E-state index in [-0.39, 0.29) is 5.82 Å². The van der Waals surface area contributed by atoms with Crippen molar-refractivity contribution in [2.75, 3.05) is 7.11 Å². The predicted molar refractivity (Wildman–Crippen MR) is 63.8 cm³/mol. The van der Waals surface area contributed by atoms with Crippen molar-refractivity contribution in [1.82, 2.24) is 9.97 Å². The van der Waals surface area contributed by atoms with Crippen molar-refractivity contribution in [3.8, 4) is 11.3 Å². The lowest BCUT2D eigenvalue weighted by Gasteiger charge is -2.04. The zero-order valence-corrected chi connectivity index (χ0v) is 9.81. The highest BCUT2D eigenvalue weighted by Crippen LogP contribution is 2.24. The summed E-state index contributed by atoms with van der Waals surface area (Å²) in [5.41, 5.74) is 1.34. The van der Waals surface area contributed by atoms with Crippen LogP contribution in [0.15, 0.2) is 36.5 Å². The monoisotopic (exact) mass is 248 g/mol. The van der Waals surface area contributed by atoms with Gasteiger partial charge in [-0.1, -0.05) is 41.9 Å². The Bertz CT molecular complexity index is 543. The van der Waals surface area contributed by atoms with Crippen LogP contribution in [-0.4, -0.2) is 23.0 Å². The van der Waals surface area contributed by atoms with Crippen LogP contribution in [0.5, 0.6) is 0 Å². The van der Waals surface area contributed by atoms with Crippen LogP contribution in [0.4, 0.5) is 0 Å². The van der Waals surface area contributed by atoms with Crippen LogP contribution in [0.1, 0.15) is 10.6 Å². The second-order valence-electron chi connectivity index (χ2n) is 3.25. The second kappa shape index (κ2) is 4.93. The maximum atomic E-state index is 11.3. The molecule has 0 saturated carbocycles. The molecule has 0 radical (unpaired) electrons. The van der Waals surface area contributed by atoms with Gasteiger partial charge in [-0.2, -0.15) is 0 Å². The second-order valence-corrected chi connectivity index (χ2v) is 3.65. The standard InChI is InChI=1S/C12H9ClN2O2/c1-17-12(16)11-14-7-9(13)10(15-11)8-5-3-2-4-6-8/h2-7H,1H3. The molecule has 0 aliphatic rings. The van der Waals surface area contributed by atoms with Gasteiger partial charge >= 0.3 is 5.97 Å². The number of carbonyl (C=O) groups is 1. The Labute approximate surface area is 103 Å². The van der Waals surface area contributed by atoms with E-state index >= 15 is 0 Å². The smallest absolute Gasteiger partial charge is 0.376 e. The fraction of sp³-hybridized carbons (Fsp3) is 0.0833. The molecule has 2 aromatic rings. The van der Waals surface area contributed by atoms with E-state index in [0.29, 0.717) is 10.7 Å². The van der Waals surface area contributed by atoms with Crippen molar-refractivity contribution in [2.45, 2.75) is 0 Å². The highest BCUT2D eigenvalue weighted by molar-refractivity contribution is 6.32. The van der Waals surface area contributed by atoms with Crippen LogP contribution in [-0.2, 0) is 4.74 Å². The van der Waals surface area contributed by atoms with E-state index in [9.17, 15) is 4.79 Å². The van der Waals surface area contributed by atoms with Gasteiger partial charge in [-0.3, -0.25) is 0 Å². The topological polar surface area (TPSA) is 52.1 Å². The van der Waals surface area contributed by atoms with Crippen LogP contribution in [0.3, 0.4) is 0 Å². The van der Waals surface area contributed by atoms with E-state index in [2.05, 4.69) is 14.7 Å². The fourth-order valence-electron chi connectivity index (χ4n) is 1.36. The average Bonchev–Trinajstić information content (AvgIpc) is 2.39. The first-order chi connectivity index (χ1) is 8.22. The number of benzene rings is 1. The number of rotatable bonds is 2. The summed E-state index contributed by atoms with van der Waals surface area (Å²) in [6, 6.07) is 9.33. The van der Waals surface area contributed by atoms with Gasteiger partial charge in [0.05, 0.1) is 24.0 Å². The normalized spacial score (nSPS) is 10.0. The molecule has 0 aliphatic heterocycles. The molecule has 0 atom stereocenters. The molecule has 86 valence electrons. The third-order valence-corrected chi connectivity index (χ3v) is 2.44. The quantitative estimate of drug-likeness (QED) is 0.767. The number of nitrogens with zero attached hydrogens (tertiary/aromatic N) is 2. The lowest BCUT2D eigenvalue weighted by molar-refractivity contribution is 0.0587. The molecule has 0 saturated heterocycles. The van der Waals surface area contributed by atoms with Gasteiger partial charge in [0.25, 0.3) is 0 Å². The van der Waals surface area contributed by atoms with Gasteiger partial charge in [0.15, 0.2) is 0 Å². The van der Waals surface area contributed by atoms with Gasteiger partial charge in [-0.15, -0.1) is 0 Å². The molecular formula is C12H9ClN2O2. The molecule has 5 heteroatoms. The highest BCUT2D eigenvalue weighted by atomic mass is 35.5. The van der Waals surface area contributed by atoms with Crippen LogP contribution < -0.4 is 0 Å². The number of halogens is 1. The van der Waals surface area contributed by atoms with E-state index in [4.69, 9.17) is 11.6 Å². The Morgan fingerprint density at radius 1 is 1.29 bits per heavy atom. The van der Waals surface area contributed by atoms with Crippen molar-refractivity contribution >= 4 is 17.6 Å².